The van der Waals surface area contributed by atoms with Crippen LogP contribution in [0.15, 0.2) is 40.7 Å². The van der Waals surface area contributed by atoms with Gasteiger partial charge in [-0.05, 0) is 43.0 Å². The number of aryl methyl sites for hydroxylation is 1. The number of nitrogens with one attached hydrogen (secondary N) is 3. The summed E-state index contributed by atoms with van der Waals surface area (Å²) in [5.74, 6) is 0.615. The molecule has 1 heterocycles. The fourth-order valence-corrected chi connectivity index (χ4v) is 3.04. The summed E-state index contributed by atoms with van der Waals surface area (Å²) < 4.78 is 0. The third-order valence-corrected chi connectivity index (χ3v) is 4.53. The minimum atomic E-state index is -0.0904. The van der Waals surface area contributed by atoms with Crippen LogP contribution in [0.5, 0.6) is 0 Å². The van der Waals surface area contributed by atoms with Crippen LogP contribution < -0.4 is 16.0 Å². The van der Waals surface area contributed by atoms with Gasteiger partial charge in [-0.2, -0.15) is 0 Å². The number of hydrogen-bond donors (Lipinski definition) is 3. The monoisotopic (exact) mass is 378 g/mol. The molecule has 0 fully saturated rings. The van der Waals surface area contributed by atoms with Crippen LogP contribution >= 0.6 is 22.9 Å². The zero-order chi connectivity index (χ0) is 18.1. The van der Waals surface area contributed by atoms with Crippen molar-refractivity contribution >= 4 is 40.5 Å². The van der Waals surface area contributed by atoms with Crippen molar-refractivity contribution in [1.29, 1.82) is 0 Å². The molecule has 0 aliphatic rings. The summed E-state index contributed by atoms with van der Waals surface area (Å²) in [4.78, 5) is 17.8. The van der Waals surface area contributed by atoms with E-state index in [0.29, 0.717) is 36.2 Å². The van der Waals surface area contributed by atoms with Crippen molar-refractivity contribution in [2.45, 2.75) is 26.8 Å². The number of nitrogens with zero attached hydrogens (tertiary/aromatic N) is 1. The molecular formula is C18H23ClN4OS. The number of amides is 1. The highest BCUT2D eigenvalue weighted by Gasteiger charge is 2.06. The molecule has 5 nitrogen and oxygen atoms in total. The maximum Gasteiger partial charge on any atom is 0.226 e. The number of carbonyl (C=O) groups is 1. The molecule has 0 bridgehead atoms. The van der Waals surface area contributed by atoms with E-state index in [-0.39, 0.29) is 5.91 Å². The number of aliphatic imine (C=N–C) groups is 1. The zero-order valence-corrected chi connectivity index (χ0v) is 16.0. The summed E-state index contributed by atoms with van der Waals surface area (Å²) in [6, 6.07) is 9.62. The Balaban J connectivity index is 1.80. The molecule has 1 amide bonds. The third-order valence-electron chi connectivity index (χ3n) is 3.36. The summed E-state index contributed by atoms with van der Waals surface area (Å²) in [7, 11) is 0. The van der Waals surface area contributed by atoms with Gasteiger partial charge in [0, 0.05) is 24.4 Å². The van der Waals surface area contributed by atoms with Crippen molar-refractivity contribution in [2.75, 3.05) is 18.4 Å². The van der Waals surface area contributed by atoms with Gasteiger partial charge in [0.2, 0.25) is 5.91 Å². The van der Waals surface area contributed by atoms with Crippen molar-refractivity contribution in [3.05, 3.63) is 51.2 Å². The summed E-state index contributed by atoms with van der Waals surface area (Å²) in [6.45, 7) is 5.85. The first-order valence-electron chi connectivity index (χ1n) is 8.19. The molecule has 2 aromatic rings. The molecule has 0 unspecified atom stereocenters. The molecule has 25 heavy (non-hydrogen) atoms. The second kappa shape index (κ2) is 10.1. The number of benzene rings is 1. The molecule has 134 valence electrons. The number of halogens is 1. The van der Waals surface area contributed by atoms with Crippen molar-refractivity contribution in [3.8, 4) is 0 Å². The minimum Gasteiger partial charge on any atom is -0.357 e. The number of guanidine groups is 1. The molecule has 0 aliphatic carbocycles. The van der Waals surface area contributed by atoms with Crippen LogP contribution in [0.2, 0.25) is 5.02 Å². The Bertz CT molecular complexity index is 716. The summed E-state index contributed by atoms with van der Waals surface area (Å²) in [5.41, 5.74) is 1.69. The first-order chi connectivity index (χ1) is 12.1. The van der Waals surface area contributed by atoms with Crippen LogP contribution in [0.4, 0.5) is 5.69 Å². The van der Waals surface area contributed by atoms with Gasteiger partial charge in [-0.3, -0.25) is 4.79 Å². The van der Waals surface area contributed by atoms with Gasteiger partial charge in [0.05, 0.1) is 17.3 Å². The molecule has 0 saturated heterocycles. The van der Waals surface area contributed by atoms with Gasteiger partial charge in [0.15, 0.2) is 5.96 Å². The van der Waals surface area contributed by atoms with E-state index in [1.165, 1.54) is 4.88 Å². The van der Waals surface area contributed by atoms with Gasteiger partial charge in [0.1, 0.15) is 0 Å². The normalized spacial score (nSPS) is 11.2. The Morgan fingerprint density at radius 2 is 2.12 bits per heavy atom. The fourth-order valence-electron chi connectivity index (χ4n) is 2.13. The lowest BCUT2D eigenvalue weighted by atomic mass is 10.2. The molecule has 0 spiro atoms. The Morgan fingerprint density at radius 1 is 1.28 bits per heavy atom. The molecular weight excluding hydrogens is 356 g/mol. The Labute approximate surface area is 157 Å². The first-order valence-corrected chi connectivity index (χ1v) is 9.45. The molecule has 7 heteroatoms. The lowest BCUT2D eigenvalue weighted by Crippen LogP contribution is -2.38. The molecule has 0 saturated carbocycles. The topological polar surface area (TPSA) is 65.5 Å². The van der Waals surface area contributed by atoms with E-state index in [4.69, 9.17) is 11.6 Å². The van der Waals surface area contributed by atoms with Gasteiger partial charge in [0.25, 0.3) is 0 Å². The van der Waals surface area contributed by atoms with Crippen LogP contribution in [0.25, 0.3) is 0 Å². The van der Waals surface area contributed by atoms with Crippen LogP contribution in [-0.4, -0.2) is 25.0 Å². The Morgan fingerprint density at radius 3 is 2.80 bits per heavy atom. The number of thiophene rings is 1. The molecule has 0 aliphatic heterocycles. The van der Waals surface area contributed by atoms with Gasteiger partial charge in [-0.1, -0.05) is 23.7 Å². The summed E-state index contributed by atoms with van der Waals surface area (Å²) in [6.07, 6.45) is 0.327. The number of anilines is 1. The lowest BCUT2D eigenvalue weighted by molar-refractivity contribution is -0.116. The van der Waals surface area contributed by atoms with Crippen molar-refractivity contribution in [1.82, 2.24) is 10.6 Å². The Kier molecular flexibility index (Phi) is 7.76. The average molecular weight is 379 g/mol. The molecule has 0 atom stereocenters. The zero-order valence-electron chi connectivity index (χ0n) is 14.4. The summed E-state index contributed by atoms with van der Waals surface area (Å²) >= 11 is 7.81. The highest BCUT2D eigenvalue weighted by Crippen LogP contribution is 2.22. The Hall–Kier alpha value is -2.05. The quantitative estimate of drug-likeness (QED) is 0.507. The van der Waals surface area contributed by atoms with Crippen LogP contribution in [0, 0.1) is 6.92 Å². The van der Waals surface area contributed by atoms with Gasteiger partial charge < -0.3 is 16.0 Å². The van der Waals surface area contributed by atoms with E-state index < -0.39 is 0 Å². The summed E-state index contributed by atoms with van der Waals surface area (Å²) in [5, 5.41) is 11.8. The van der Waals surface area contributed by atoms with Crippen molar-refractivity contribution in [2.24, 2.45) is 4.99 Å². The highest BCUT2D eigenvalue weighted by atomic mass is 35.5. The SMILES string of the molecule is CCNC(=NCc1cccs1)NCCC(=O)Nc1ccc(C)cc1Cl. The fraction of sp³-hybridized carbons (Fsp3) is 0.333. The van der Waals surface area contributed by atoms with Gasteiger partial charge >= 0.3 is 0 Å². The largest absolute Gasteiger partial charge is 0.357 e. The maximum atomic E-state index is 12.1. The van der Waals surface area contributed by atoms with Gasteiger partial charge in [-0.15, -0.1) is 11.3 Å². The predicted molar refractivity (Wildman–Crippen MR) is 107 cm³/mol. The average Bonchev–Trinajstić information content (AvgIpc) is 3.09. The first kappa shape index (κ1) is 19.3. The van der Waals surface area contributed by atoms with E-state index in [1.54, 1.807) is 11.3 Å². The van der Waals surface area contributed by atoms with E-state index in [9.17, 15) is 4.79 Å². The molecule has 2 rings (SSSR count). The third kappa shape index (κ3) is 6.76. The lowest BCUT2D eigenvalue weighted by Gasteiger charge is -2.12. The van der Waals surface area contributed by atoms with Gasteiger partial charge in [-0.25, -0.2) is 4.99 Å². The van der Waals surface area contributed by atoms with Crippen LogP contribution in [0.1, 0.15) is 23.8 Å². The van der Waals surface area contributed by atoms with Crippen LogP contribution in [0.3, 0.4) is 0 Å². The van der Waals surface area contributed by atoms with Crippen molar-refractivity contribution < 1.29 is 4.79 Å². The minimum absolute atomic E-state index is 0.0904. The second-order valence-corrected chi connectivity index (χ2v) is 6.92. The van der Waals surface area contributed by atoms with E-state index in [1.807, 2.05) is 43.5 Å². The van der Waals surface area contributed by atoms with E-state index in [0.717, 1.165) is 12.1 Å². The van der Waals surface area contributed by atoms with E-state index in [2.05, 4.69) is 27.0 Å². The van der Waals surface area contributed by atoms with E-state index >= 15 is 0 Å². The molecule has 3 N–H and O–H groups in total. The number of carbonyl (C=O) groups excluding carboxylic acids is 1. The molecule has 0 radical (unpaired) electrons. The predicted octanol–water partition coefficient (Wildman–Crippen LogP) is 3.79. The maximum absolute atomic E-state index is 12.1. The molecule has 1 aromatic carbocycles. The highest BCUT2D eigenvalue weighted by molar-refractivity contribution is 7.09. The number of hydrogen-bond acceptors (Lipinski definition) is 3. The van der Waals surface area contributed by atoms with Crippen LogP contribution in [-0.2, 0) is 11.3 Å². The smallest absolute Gasteiger partial charge is 0.226 e. The second-order valence-electron chi connectivity index (χ2n) is 5.48. The van der Waals surface area contributed by atoms with Crippen molar-refractivity contribution in [3.63, 3.8) is 0 Å². The number of rotatable bonds is 7. The molecule has 1 aromatic heterocycles. The standard InChI is InChI=1S/C18H23ClN4OS/c1-3-20-18(22-12-14-5-4-10-25-14)21-9-8-17(24)23-16-7-6-13(2)11-15(16)19/h4-7,10-11H,3,8-9,12H2,1-2H3,(H,23,24)(H2,20,21,22).